The largest absolute Gasteiger partial charge is 0.489 e. The number of aryl methyl sites for hydroxylation is 1. The smallest absolute Gasteiger partial charge is 0.224 e. The van der Waals surface area contributed by atoms with Crippen LogP contribution in [-0.4, -0.2) is 42.2 Å². The van der Waals surface area contributed by atoms with Crippen molar-refractivity contribution in [3.05, 3.63) is 48.3 Å². The summed E-state index contributed by atoms with van der Waals surface area (Å²) in [6, 6.07) is 9.87. The number of hydrogen-bond donors (Lipinski definition) is 1. The van der Waals surface area contributed by atoms with Gasteiger partial charge in [0.1, 0.15) is 23.7 Å². The van der Waals surface area contributed by atoms with Gasteiger partial charge in [-0.2, -0.15) is 4.98 Å². The Labute approximate surface area is 141 Å². The van der Waals surface area contributed by atoms with E-state index in [-0.39, 0.29) is 0 Å². The van der Waals surface area contributed by atoms with Crippen LogP contribution in [-0.2, 0) is 0 Å². The zero-order chi connectivity index (χ0) is 16.9. The van der Waals surface area contributed by atoms with Crippen molar-refractivity contribution in [1.82, 2.24) is 15.0 Å². The molecule has 0 atom stereocenters. The Morgan fingerprint density at radius 2 is 1.96 bits per heavy atom. The topological polar surface area (TPSA) is 63.2 Å². The minimum Gasteiger partial charge on any atom is -0.489 e. The second-order valence-corrected chi connectivity index (χ2v) is 5.70. The van der Waals surface area contributed by atoms with Crippen LogP contribution in [0.5, 0.6) is 5.75 Å². The number of benzene rings is 1. The van der Waals surface area contributed by atoms with Crippen LogP contribution < -0.4 is 15.0 Å². The summed E-state index contributed by atoms with van der Waals surface area (Å²) >= 11 is 0. The van der Waals surface area contributed by atoms with Crippen molar-refractivity contribution >= 4 is 22.7 Å². The lowest BCUT2D eigenvalue weighted by Crippen LogP contribution is -2.17. The first-order valence-corrected chi connectivity index (χ1v) is 7.86. The number of rotatable bonds is 6. The fourth-order valence-corrected chi connectivity index (χ4v) is 2.49. The summed E-state index contributed by atoms with van der Waals surface area (Å²) in [4.78, 5) is 15.2. The van der Waals surface area contributed by atoms with Gasteiger partial charge in [-0.15, -0.1) is 0 Å². The number of hydrogen-bond acceptors (Lipinski definition) is 6. The molecule has 0 aliphatic rings. The molecule has 0 unspecified atom stereocenters. The Morgan fingerprint density at radius 3 is 2.79 bits per heavy atom. The lowest BCUT2D eigenvalue weighted by Gasteiger charge is -2.15. The van der Waals surface area contributed by atoms with Crippen LogP contribution >= 0.6 is 0 Å². The van der Waals surface area contributed by atoms with Crippen LogP contribution in [0.3, 0.4) is 0 Å². The molecule has 1 aromatic carbocycles. The normalized spacial score (nSPS) is 10.6. The van der Waals surface area contributed by atoms with E-state index in [0.29, 0.717) is 19.1 Å². The predicted molar refractivity (Wildman–Crippen MR) is 96.8 cm³/mol. The minimum atomic E-state index is 0.504. The molecule has 0 aliphatic heterocycles. The van der Waals surface area contributed by atoms with Crippen molar-refractivity contribution in [2.24, 2.45) is 0 Å². The van der Waals surface area contributed by atoms with Crippen molar-refractivity contribution < 1.29 is 4.74 Å². The minimum absolute atomic E-state index is 0.504. The first kappa shape index (κ1) is 16.0. The Bertz CT molecular complexity index is 829. The molecule has 1 N–H and O–H groups in total. The number of nitrogens with zero attached hydrogens (tertiary/aromatic N) is 4. The van der Waals surface area contributed by atoms with Crippen molar-refractivity contribution in [2.45, 2.75) is 6.92 Å². The Kier molecular flexibility index (Phi) is 4.74. The average Bonchev–Trinajstić information content (AvgIpc) is 2.60. The van der Waals surface area contributed by atoms with Gasteiger partial charge in [0.2, 0.25) is 5.95 Å². The highest BCUT2D eigenvalue weighted by atomic mass is 16.5. The maximum atomic E-state index is 5.85. The fourth-order valence-electron chi connectivity index (χ4n) is 2.49. The van der Waals surface area contributed by atoms with Crippen molar-refractivity contribution in [3.8, 4) is 5.75 Å². The van der Waals surface area contributed by atoms with E-state index in [1.54, 1.807) is 6.20 Å². The molecule has 0 fully saturated rings. The molecule has 6 nitrogen and oxygen atoms in total. The van der Waals surface area contributed by atoms with Gasteiger partial charge in [0.05, 0.1) is 6.54 Å². The van der Waals surface area contributed by atoms with Crippen molar-refractivity contribution in [3.63, 3.8) is 0 Å². The van der Waals surface area contributed by atoms with Gasteiger partial charge in [0, 0.05) is 37.4 Å². The van der Waals surface area contributed by atoms with E-state index in [4.69, 9.17) is 4.74 Å². The summed E-state index contributed by atoms with van der Waals surface area (Å²) in [5.41, 5.74) is 1.92. The molecular formula is C18H21N5O. The zero-order valence-corrected chi connectivity index (χ0v) is 14.2. The predicted octanol–water partition coefficient (Wildman–Crippen LogP) is 2.89. The summed E-state index contributed by atoms with van der Waals surface area (Å²) in [6.07, 6.45) is 3.59. The highest BCUT2D eigenvalue weighted by Gasteiger charge is 2.06. The van der Waals surface area contributed by atoms with Crippen molar-refractivity contribution in [1.29, 1.82) is 0 Å². The molecule has 0 saturated heterocycles. The number of anilines is 2. The molecule has 2 aromatic heterocycles. The SMILES string of the molecule is Cc1cnc(NCCOc2cccc3cccnc23)nc1N(C)C. The van der Waals surface area contributed by atoms with E-state index in [9.17, 15) is 0 Å². The van der Waals surface area contributed by atoms with E-state index in [0.717, 1.165) is 28.0 Å². The Morgan fingerprint density at radius 1 is 1.12 bits per heavy atom. The molecule has 124 valence electrons. The van der Waals surface area contributed by atoms with Gasteiger partial charge in [-0.25, -0.2) is 4.98 Å². The third-order valence-corrected chi connectivity index (χ3v) is 3.61. The highest BCUT2D eigenvalue weighted by molar-refractivity contribution is 5.84. The summed E-state index contributed by atoms with van der Waals surface area (Å²) in [5, 5.41) is 4.26. The van der Waals surface area contributed by atoms with Crippen molar-refractivity contribution in [2.75, 3.05) is 37.5 Å². The van der Waals surface area contributed by atoms with Crippen LogP contribution in [0.15, 0.2) is 42.7 Å². The molecule has 3 aromatic rings. The lowest BCUT2D eigenvalue weighted by atomic mass is 10.2. The van der Waals surface area contributed by atoms with Gasteiger partial charge < -0.3 is 15.0 Å². The van der Waals surface area contributed by atoms with Gasteiger partial charge in [0.15, 0.2) is 0 Å². The molecule has 0 aliphatic carbocycles. The number of pyridine rings is 1. The third-order valence-electron chi connectivity index (χ3n) is 3.61. The molecule has 2 heterocycles. The quantitative estimate of drug-likeness (QED) is 0.704. The second kappa shape index (κ2) is 7.12. The number of aromatic nitrogens is 3. The second-order valence-electron chi connectivity index (χ2n) is 5.70. The van der Waals surface area contributed by atoms with Gasteiger partial charge in [-0.1, -0.05) is 18.2 Å². The third kappa shape index (κ3) is 3.53. The number of ether oxygens (including phenoxy) is 1. The average molecular weight is 323 g/mol. The fraction of sp³-hybridized carbons (Fsp3) is 0.278. The molecule has 6 heteroatoms. The first-order chi connectivity index (χ1) is 11.6. The molecule has 3 rings (SSSR count). The summed E-state index contributed by atoms with van der Waals surface area (Å²) in [6.45, 7) is 3.11. The van der Waals surface area contributed by atoms with Gasteiger partial charge in [-0.05, 0) is 19.1 Å². The molecule has 0 saturated carbocycles. The molecule has 0 radical (unpaired) electrons. The standard InChI is InChI=1S/C18H21N5O/c1-13-12-21-18(22-17(13)23(2)3)20-10-11-24-15-8-4-6-14-7-5-9-19-16(14)15/h4-9,12H,10-11H2,1-3H3,(H,20,21,22). The molecule has 0 bridgehead atoms. The summed E-state index contributed by atoms with van der Waals surface area (Å²) in [7, 11) is 3.94. The van der Waals surface area contributed by atoms with Crippen LogP contribution in [0.4, 0.5) is 11.8 Å². The van der Waals surface area contributed by atoms with Crippen LogP contribution in [0, 0.1) is 6.92 Å². The molecular weight excluding hydrogens is 302 g/mol. The van der Waals surface area contributed by atoms with Gasteiger partial charge in [0.25, 0.3) is 0 Å². The van der Waals surface area contributed by atoms with Crippen LogP contribution in [0.2, 0.25) is 0 Å². The van der Waals surface area contributed by atoms with E-state index in [2.05, 4.69) is 20.3 Å². The lowest BCUT2D eigenvalue weighted by molar-refractivity contribution is 0.336. The Hall–Kier alpha value is -2.89. The maximum Gasteiger partial charge on any atom is 0.224 e. The molecule has 0 amide bonds. The summed E-state index contributed by atoms with van der Waals surface area (Å²) in [5.74, 6) is 2.30. The molecule has 0 spiro atoms. The van der Waals surface area contributed by atoms with Crippen LogP contribution in [0.25, 0.3) is 10.9 Å². The van der Waals surface area contributed by atoms with Gasteiger partial charge >= 0.3 is 0 Å². The van der Waals surface area contributed by atoms with E-state index < -0.39 is 0 Å². The number of nitrogens with one attached hydrogen (secondary N) is 1. The zero-order valence-electron chi connectivity index (χ0n) is 14.2. The highest BCUT2D eigenvalue weighted by Crippen LogP contribution is 2.22. The maximum absolute atomic E-state index is 5.85. The number of fused-ring (bicyclic) bond motifs is 1. The summed E-state index contributed by atoms with van der Waals surface area (Å²) < 4.78 is 5.85. The monoisotopic (exact) mass is 323 g/mol. The first-order valence-electron chi connectivity index (χ1n) is 7.86. The van der Waals surface area contributed by atoms with E-state index in [1.165, 1.54) is 0 Å². The number of para-hydroxylation sites is 1. The van der Waals surface area contributed by atoms with Gasteiger partial charge in [-0.3, -0.25) is 4.98 Å². The molecule has 24 heavy (non-hydrogen) atoms. The van der Waals surface area contributed by atoms with E-state index in [1.807, 2.05) is 62.4 Å². The Balaban J connectivity index is 1.60. The van der Waals surface area contributed by atoms with E-state index >= 15 is 0 Å². The van der Waals surface area contributed by atoms with Crippen LogP contribution in [0.1, 0.15) is 5.56 Å².